The monoisotopic (exact) mass is 305 g/mol. The average molecular weight is 305 g/mol. The van der Waals surface area contributed by atoms with Crippen molar-refractivity contribution in [3.63, 3.8) is 0 Å². The second-order valence-electron chi connectivity index (χ2n) is 5.97. The molecule has 112 valence electrons. The van der Waals surface area contributed by atoms with Gasteiger partial charge >= 0.3 is 0 Å². The van der Waals surface area contributed by atoms with Gasteiger partial charge in [-0.15, -0.1) is 11.3 Å². The molecular weight excluding hydrogens is 286 g/mol. The third-order valence-electron chi connectivity index (χ3n) is 4.61. The second-order valence-corrected chi connectivity index (χ2v) is 7.05. The molecule has 4 rings (SSSR count). The van der Waals surface area contributed by atoms with Crippen molar-refractivity contribution in [2.24, 2.45) is 0 Å². The summed E-state index contributed by atoms with van der Waals surface area (Å²) in [6, 6.07) is -0.0442. The quantitative estimate of drug-likeness (QED) is 0.880. The van der Waals surface area contributed by atoms with E-state index in [1.54, 1.807) is 17.7 Å². The van der Waals surface area contributed by atoms with E-state index >= 15 is 0 Å². The van der Waals surface area contributed by atoms with Gasteiger partial charge in [0.1, 0.15) is 17.0 Å². The summed E-state index contributed by atoms with van der Waals surface area (Å²) in [4.78, 5) is 13.5. The van der Waals surface area contributed by atoms with E-state index in [0.29, 0.717) is 13.0 Å². The summed E-state index contributed by atoms with van der Waals surface area (Å²) in [5, 5.41) is 20.7. The first-order chi connectivity index (χ1) is 10.3. The Morgan fingerprint density at radius 1 is 1.29 bits per heavy atom. The molecule has 21 heavy (non-hydrogen) atoms. The lowest BCUT2D eigenvalue weighted by Gasteiger charge is -2.25. The molecule has 2 aromatic heterocycles. The largest absolute Gasteiger partial charge is 0.394 e. The van der Waals surface area contributed by atoms with Crippen LogP contribution in [0.15, 0.2) is 6.33 Å². The summed E-state index contributed by atoms with van der Waals surface area (Å²) in [6.07, 6.45) is 6.54. The molecule has 2 unspecified atom stereocenters. The van der Waals surface area contributed by atoms with Crippen molar-refractivity contribution >= 4 is 27.4 Å². The van der Waals surface area contributed by atoms with E-state index in [2.05, 4.69) is 14.9 Å². The third kappa shape index (κ3) is 2.13. The van der Waals surface area contributed by atoms with Crippen LogP contribution >= 0.6 is 11.3 Å². The molecule has 0 amide bonds. The van der Waals surface area contributed by atoms with Gasteiger partial charge < -0.3 is 15.1 Å². The number of hydrogen-bond donors (Lipinski definition) is 2. The first kappa shape index (κ1) is 13.4. The topological polar surface area (TPSA) is 69.5 Å². The summed E-state index contributed by atoms with van der Waals surface area (Å²) in [7, 11) is 0. The highest BCUT2D eigenvalue weighted by Gasteiger charge is 2.33. The molecule has 5 nitrogen and oxygen atoms in total. The number of β-amino-alcohol motifs (C(OH)–C–C–N with tert-alkyl or cyclic N) is 1. The van der Waals surface area contributed by atoms with Gasteiger partial charge in [0.2, 0.25) is 0 Å². The molecule has 0 radical (unpaired) electrons. The standard InChI is InChI=1S/C15H19N3O2S/c19-7-9-5-10(20)6-18(9)14-13-11-3-1-2-4-12(11)21-15(13)17-8-16-14/h8-10,19-20H,1-7H2. The predicted molar refractivity (Wildman–Crippen MR) is 82.9 cm³/mol. The molecule has 0 spiro atoms. The second kappa shape index (κ2) is 5.19. The predicted octanol–water partition coefficient (Wildman–Crippen LogP) is 1.50. The Bertz CT molecular complexity index is 672. The lowest BCUT2D eigenvalue weighted by molar-refractivity contribution is 0.184. The Morgan fingerprint density at radius 3 is 3.00 bits per heavy atom. The fourth-order valence-electron chi connectivity index (χ4n) is 3.62. The molecule has 0 saturated carbocycles. The lowest BCUT2D eigenvalue weighted by Crippen LogP contribution is -2.33. The number of aliphatic hydroxyl groups is 2. The van der Waals surface area contributed by atoms with Gasteiger partial charge in [-0.1, -0.05) is 0 Å². The van der Waals surface area contributed by atoms with Crippen LogP contribution in [0.25, 0.3) is 10.2 Å². The number of rotatable bonds is 2. The van der Waals surface area contributed by atoms with E-state index < -0.39 is 0 Å². The molecule has 1 aliphatic heterocycles. The van der Waals surface area contributed by atoms with E-state index in [9.17, 15) is 10.2 Å². The molecule has 1 fully saturated rings. The van der Waals surface area contributed by atoms with Gasteiger partial charge in [0.15, 0.2) is 0 Å². The van der Waals surface area contributed by atoms with Crippen LogP contribution in [0.1, 0.15) is 29.7 Å². The van der Waals surface area contributed by atoms with Crippen molar-refractivity contribution in [3.05, 3.63) is 16.8 Å². The van der Waals surface area contributed by atoms with Crippen molar-refractivity contribution in [1.82, 2.24) is 9.97 Å². The van der Waals surface area contributed by atoms with Crippen LogP contribution in [0.3, 0.4) is 0 Å². The fraction of sp³-hybridized carbons (Fsp3) is 0.600. The van der Waals surface area contributed by atoms with Crippen LogP contribution in [0.4, 0.5) is 5.82 Å². The molecule has 2 aliphatic rings. The van der Waals surface area contributed by atoms with Crippen molar-refractivity contribution in [2.45, 2.75) is 44.2 Å². The van der Waals surface area contributed by atoms with Crippen LogP contribution in [0, 0.1) is 0 Å². The Kier molecular flexibility index (Phi) is 3.32. The van der Waals surface area contributed by atoms with E-state index in [-0.39, 0.29) is 18.8 Å². The maximum Gasteiger partial charge on any atom is 0.141 e. The van der Waals surface area contributed by atoms with Crippen LogP contribution < -0.4 is 4.90 Å². The number of aryl methyl sites for hydroxylation is 2. The Balaban J connectivity index is 1.86. The molecule has 3 heterocycles. The lowest BCUT2D eigenvalue weighted by atomic mass is 9.97. The number of anilines is 1. The van der Waals surface area contributed by atoms with Gasteiger partial charge in [0.05, 0.1) is 24.1 Å². The van der Waals surface area contributed by atoms with Gasteiger partial charge in [-0.3, -0.25) is 0 Å². The summed E-state index contributed by atoms with van der Waals surface area (Å²) >= 11 is 1.78. The summed E-state index contributed by atoms with van der Waals surface area (Å²) in [5.41, 5.74) is 1.40. The average Bonchev–Trinajstić information content (AvgIpc) is 3.07. The number of hydrogen-bond acceptors (Lipinski definition) is 6. The van der Waals surface area contributed by atoms with Crippen LogP contribution in [0.5, 0.6) is 0 Å². The molecular formula is C15H19N3O2S. The fourth-order valence-corrected chi connectivity index (χ4v) is 4.84. The number of thiophene rings is 1. The van der Waals surface area contributed by atoms with Crippen molar-refractivity contribution in [2.75, 3.05) is 18.1 Å². The molecule has 2 aromatic rings. The van der Waals surface area contributed by atoms with Crippen molar-refractivity contribution in [3.8, 4) is 0 Å². The Labute approximate surface area is 127 Å². The molecule has 1 aliphatic carbocycles. The normalized spacial score (nSPS) is 25.5. The first-order valence-corrected chi connectivity index (χ1v) is 8.40. The molecule has 6 heteroatoms. The molecule has 1 saturated heterocycles. The van der Waals surface area contributed by atoms with E-state index in [1.807, 2.05) is 0 Å². The van der Waals surface area contributed by atoms with Crippen LogP contribution in [-0.4, -0.2) is 45.5 Å². The van der Waals surface area contributed by atoms with Crippen molar-refractivity contribution in [1.29, 1.82) is 0 Å². The Hall–Kier alpha value is -1.24. The van der Waals surface area contributed by atoms with Crippen molar-refractivity contribution < 1.29 is 10.2 Å². The SMILES string of the molecule is OCC1CC(O)CN1c1ncnc2sc3c(c12)CCCC3. The maximum absolute atomic E-state index is 9.93. The van der Waals surface area contributed by atoms with Gasteiger partial charge in [0.25, 0.3) is 0 Å². The van der Waals surface area contributed by atoms with E-state index in [1.165, 1.54) is 23.3 Å². The first-order valence-electron chi connectivity index (χ1n) is 7.58. The number of aromatic nitrogens is 2. The van der Waals surface area contributed by atoms with Crippen LogP contribution in [0.2, 0.25) is 0 Å². The summed E-state index contributed by atoms with van der Waals surface area (Å²) in [5.74, 6) is 0.898. The van der Waals surface area contributed by atoms with Gasteiger partial charge in [0, 0.05) is 11.4 Å². The summed E-state index contributed by atoms with van der Waals surface area (Å²) in [6.45, 7) is 0.594. The smallest absolute Gasteiger partial charge is 0.141 e. The minimum Gasteiger partial charge on any atom is -0.394 e. The minimum absolute atomic E-state index is 0.0442. The van der Waals surface area contributed by atoms with E-state index in [4.69, 9.17) is 0 Å². The maximum atomic E-state index is 9.93. The number of nitrogens with zero attached hydrogens (tertiary/aromatic N) is 3. The molecule has 0 aromatic carbocycles. The number of fused-ring (bicyclic) bond motifs is 3. The zero-order chi connectivity index (χ0) is 14.4. The van der Waals surface area contributed by atoms with Gasteiger partial charge in [-0.2, -0.15) is 0 Å². The minimum atomic E-state index is -0.387. The van der Waals surface area contributed by atoms with E-state index in [0.717, 1.165) is 28.9 Å². The Morgan fingerprint density at radius 2 is 2.14 bits per heavy atom. The van der Waals surface area contributed by atoms with Gasteiger partial charge in [-0.05, 0) is 37.7 Å². The zero-order valence-electron chi connectivity index (χ0n) is 11.8. The highest BCUT2D eigenvalue weighted by molar-refractivity contribution is 7.19. The van der Waals surface area contributed by atoms with Crippen LogP contribution in [-0.2, 0) is 12.8 Å². The van der Waals surface area contributed by atoms with Gasteiger partial charge in [-0.25, -0.2) is 9.97 Å². The highest BCUT2D eigenvalue weighted by atomic mass is 32.1. The zero-order valence-corrected chi connectivity index (χ0v) is 12.6. The molecule has 0 bridgehead atoms. The summed E-state index contributed by atoms with van der Waals surface area (Å²) < 4.78 is 0. The molecule has 2 N–H and O–H groups in total. The highest BCUT2D eigenvalue weighted by Crippen LogP contribution is 2.40. The third-order valence-corrected chi connectivity index (χ3v) is 5.81. The number of aliphatic hydroxyl groups excluding tert-OH is 2. The molecule has 2 atom stereocenters.